The van der Waals surface area contributed by atoms with Crippen molar-refractivity contribution in [2.45, 2.75) is 218 Å². The number of nitrogens with zero attached hydrogens (tertiary/aromatic N) is 1. The number of nitrogens with one attached hydrogen (secondary N) is 3. The second-order valence-corrected chi connectivity index (χ2v) is 24.5. The largest absolute Gasteiger partial charge is 0.459 e. The van der Waals surface area contributed by atoms with Gasteiger partial charge < -0.3 is 64.6 Å². The molecule has 0 bridgehead atoms. The number of hydrogen-bond donors (Lipinski definition) is 8. The van der Waals surface area contributed by atoms with Crippen LogP contribution in [0, 0.1) is 23.2 Å². The lowest BCUT2D eigenvalue weighted by atomic mass is 9.75. The molecule has 8 N–H and O–H groups in total. The lowest BCUT2D eigenvalue weighted by molar-refractivity contribution is -0.336. The third-order valence-corrected chi connectivity index (χ3v) is 16.8. The average molecular weight is 1060 g/mol. The molecule has 72 heavy (non-hydrogen) atoms. The predicted molar refractivity (Wildman–Crippen MR) is 263 cm³/mol. The number of halogens is 3. The maximum Gasteiger partial charge on any atom is 0.416 e. The molecule has 22 heteroatoms. The van der Waals surface area contributed by atoms with Crippen molar-refractivity contribution in [3.8, 4) is 0 Å². The Morgan fingerprint density at radius 2 is 1.56 bits per heavy atom. The summed E-state index contributed by atoms with van der Waals surface area (Å²) in [7, 11) is -1.86. The molecular formula is C50H87F3N4O14S. The summed E-state index contributed by atoms with van der Waals surface area (Å²) in [5.41, 5.74) is -7.70. The van der Waals surface area contributed by atoms with Gasteiger partial charge >= 0.3 is 22.4 Å². The summed E-state index contributed by atoms with van der Waals surface area (Å²) in [4.78, 5) is 14.6. The number of carbonyl (C=O) groups excluding carboxylic acids is 1. The van der Waals surface area contributed by atoms with Crippen LogP contribution in [0.1, 0.15) is 128 Å². The van der Waals surface area contributed by atoms with Crippen LogP contribution in [0.4, 0.5) is 18.9 Å². The molecule has 18 atom stereocenters. The fourth-order valence-corrected chi connectivity index (χ4v) is 11.6. The van der Waals surface area contributed by atoms with Gasteiger partial charge in [0.25, 0.3) is 0 Å². The molecule has 418 valence electrons. The van der Waals surface area contributed by atoms with Crippen LogP contribution in [-0.4, -0.2) is 168 Å². The van der Waals surface area contributed by atoms with E-state index in [1.807, 2.05) is 6.92 Å². The zero-order valence-corrected chi connectivity index (χ0v) is 45.8. The molecule has 0 spiro atoms. The van der Waals surface area contributed by atoms with Gasteiger partial charge in [-0.2, -0.15) is 25.9 Å². The van der Waals surface area contributed by atoms with E-state index in [9.17, 15) is 51.9 Å². The van der Waals surface area contributed by atoms with Crippen LogP contribution in [0.3, 0.4) is 0 Å². The SMILES string of the molecule is CC[C@H]1OC(=O)[C@H](C)[C@@H](O[C@H]2C[C@@](C)(OC)[C@](O)(CNCCC(C)(C)C)[C@H](C)O2)[C@H](C)[C@@H](O[C@@H]2O[C@H](C)C[C@H](N(C)S(=O)(=O)Nc3ccc(C(F)(F)F)cc3)[C@H]2O)[C@](C)(O)C[C@@H](C)CN[C@H](C)[C@@H](O)[C@]1(C)O. The van der Waals surface area contributed by atoms with Crippen LogP contribution >= 0.6 is 0 Å². The first-order valence-corrected chi connectivity index (χ1v) is 26.7. The molecule has 0 amide bonds. The van der Waals surface area contributed by atoms with E-state index >= 15 is 0 Å². The van der Waals surface area contributed by atoms with E-state index in [0.717, 1.165) is 35.0 Å². The van der Waals surface area contributed by atoms with Gasteiger partial charge in [0.05, 0.1) is 47.5 Å². The molecule has 1 aromatic carbocycles. The molecule has 3 fully saturated rings. The van der Waals surface area contributed by atoms with E-state index in [4.69, 9.17) is 28.4 Å². The predicted octanol–water partition coefficient (Wildman–Crippen LogP) is 4.70. The second kappa shape index (κ2) is 23.9. The highest BCUT2D eigenvalue weighted by atomic mass is 32.2. The molecule has 0 unspecified atom stereocenters. The average Bonchev–Trinajstić information content (AvgIpc) is 3.27. The van der Waals surface area contributed by atoms with Crippen LogP contribution in [0.2, 0.25) is 0 Å². The van der Waals surface area contributed by atoms with Crippen LogP contribution in [0.15, 0.2) is 24.3 Å². The maximum absolute atomic E-state index is 14.6. The first kappa shape index (κ1) is 62.3. The highest BCUT2D eigenvalue weighted by Crippen LogP contribution is 2.43. The molecule has 3 aliphatic rings. The van der Waals surface area contributed by atoms with Gasteiger partial charge in [0, 0.05) is 44.8 Å². The number of ether oxygens (including phenoxy) is 6. The quantitative estimate of drug-likeness (QED) is 0.0930. The normalized spacial score (nSPS) is 40.5. The minimum atomic E-state index is -4.65. The first-order valence-electron chi connectivity index (χ1n) is 25.2. The summed E-state index contributed by atoms with van der Waals surface area (Å²) in [5.74, 6) is -3.43. The molecular weight excluding hydrogens is 970 g/mol. The summed E-state index contributed by atoms with van der Waals surface area (Å²) in [6.45, 7) is 23.7. The number of aliphatic hydroxyl groups is 5. The Hall–Kier alpha value is -2.29. The molecule has 3 saturated heterocycles. The summed E-state index contributed by atoms with van der Waals surface area (Å²) in [6.07, 6.45) is -15.2. The lowest BCUT2D eigenvalue weighted by Gasteiger charge is -2.53. The van der Waals surface area contributed by atoms with Crippen molar-refractivity contribution in [1.29, 1.82) is 0 Å². The Morgan fingerprint density at radius 3 is 2.11 bits per heavy atom. The van der Waals surface area contributed by atoms with E-state index < -0.39 is 130 Å². The molecule has 0 aliphatic carbocycles. The van der Waals surface area contributed by atoms with E-state index in [2.05, 4.69) is 36.1 Å². The summed E-state index contributed by atoms with van der Waals surface area (Å²) < 4.78 is 109. The van der Waals surface area contributed by atoms with Crippen molar-refractivity contribution >= 4 is 21.9 Å². The maximum atomic E-state index is 14.6. The van der Waals surface area contributed by atoms with Crippen LogP contribution in [-0.2, 0) is 49.6 Å². The minimum absolute atomic E-state index is 0.0123. The number of esters is 1. The number of methoxy groups -OCH3 is 1. The number of cyclic esters (lactones) is 1. The van der Waals surface area contributed by atoms with Gasteiger partial charge in [-0.1, -0.05) is 41.5 Å². The van der Waals surface area contributed by atoms with Crippen molar-refractivity contribution in [2.75, 3.05) is 38.5 Å². The van der Waals surface area contributed by atoms with Crippen LogP contribution in [0.5, 0.6) is 0 Å². The van der Waals surface area contributed by atoms with Crippen molar-refractivity contribution in [3.05, 3.63) is 29.8 Å². The number of alkyl halides is 3. The Balaban J connectivity index is 1.78. The summed E-state index contributed by atoms with van der Waals surface area (Å²) in [6, 6.07) is 1.48. The van der Waals surface area contributed by atoms with Crippen LogP contribution in [0.25, 0.3) is 0 Å². The van der Waals surface area contributed by atoms with E-state index in [0.29, 0.717) is 6.54 Å². The van der Waals surface area contributed by atoms with Gasteiger partial charge in [0.1, 0.15) is 35.1 Å². The molecule has 18 nitrogen and oxygen atoms in total. The third-order valence-electron chi connectivity index (χ3n) is 15.3. The lowest BCUT2D eigenvalue weighted by Crippen LogP contribution is -2.70. The molecule has 1 aromatic rings. The number of rotatable bonds is 14. The van der Waals surface area contributed by atoms with Gasteiger partial charge in [-0.3, -0.25) is 9.52 Å². The second-order valence-electron chi connectivity index (χ2n) is 22.7. The first-order chi connectivity index (χ1) is 32.9. The Morgan fingerprint density at radius 1 is 0.944 bits per heavy atom. The fraction of sp³-hybridized carbons (Fsp3) is 0.860. The molecule has 3 aliphatic heterocycles. The Kier molecular flexibility index (Phi) is 20.7. The number of anilines is 1. The van der Waals surface area contributed by atoms with E-state index in [-0.39, 0.29) is 55.8 Å². The zero-order chi connectivity index (χ0) is 54.7. The number of aliphatic hydroxyl groups excluding tert-OH is 2. The van der Waals surface area contributed by atoms with Crippen molar-refractivity contribution in [2.24, 2.45) is 23.2 Å². The molecule has 4 rings (SSSR count). The minimum Gasteiger partial charge on any atom is -0.459 e. The fourth-order valence-electron chi connectivity index (χ4n) is 10.5. The summed E-state index contributed by atoms with van der Waals surface area (Å²) in [5, 5.41) is 67.0. The van der Waals surface area contributed by atoms with Crippen molar-refractivity contribution in [3.63, 3.8) is 0 Å². The molecule has 3 heterocycles. The Bertz CT molecular complexity index is 2010. The van der Waals surface area contributed by atoms with Crippen molar-refractivity contribution in [1.82, 2.24) is 14.9 Å². The molecule has 0 radical (unpaired) electrons. The van der Waals surface area contributed by atoms with Crippen LogP contribution < -0.4 is 15.4 Å². The monoisotopic (exact) mass is 1060 g/mol. The van der Waals surface area contributed by atoms with Gasteiger partial charge in [0.15, 0.2) is 12.6 Å². The number of hydrogen-bond acceptors (Lipinski definition) is 16. The summed E-state index contributed by atoms with van der Waals surface area (Å²) >= 11 is 0. The van der Waals surface area contributed by atoms with Gasteiger partial charge in [-0.25, -0.2) is 0 Å². The van der Waals surface area contributed by atoms with Gasteiger partial charge in [-0.15, -0.1) is 0 Å². The molecule has 0 saturated carbocycles. The topological polar surface area (TPSA) is 247 Å². The highest BCUT2D eigenvalue weighted by Gasteiger charge is 2.58. The zero-order valence-electron chi connectivity index (χ0n) is 44.9. The van der Waals surface area contributed by atoms with E-state index in [1.54, 1.807) is 48.5 Å². The molecule has 0 aromatic heterocycles. The number of carbonyl (C=O) groups is 1. The van der Waals surface area contributed by atoms with Gasteiger partial charge in [-0.05, 0) is 123 Å². The smallest absolute Gasteiger partial charge is 0.416 e. The third kappa shape index (κ3) is 14.8. The Labute approximate surface area is 425 Å². The van der Waals surface area contributed by atoms with Crippen molar-refractivity contribution < 1.29 is 80.3 Å². The van der Waals surface area contributed by atoms with E-state index in [1.165, 1.54) is 28.0 Å². The van der Waals surface area contributed by atoms with Gasteiger partial charge in [0.2, 0.25) is 0 Å². The number of likely N-dealkylation sites (N-methyl/N-ethyl adjacent to an activating group) is 1. The standard InChI is InChI=1S/C50H87F3N4O14S/c1-16-37-48(13,62)41(59)32(6)55-26-28(2)24-46(11,61)42(71-44-39(58)36(23-29(3)67-44)57(14)72(64,65)56-35-19-17-34(18-20-35)50(51,52)53)30(4)40(31(5)43(60)69-37)70-38-25-47(12,66-15)49(63,33(7)68-38)27-54-22-21-45(8,9)10/h17-20,28-33,36-42,44,54-56,58-59,61-63H,16,21-27H2,1-15H3/t28-,29-,30+,31-,32-,33+,36+,37-,38+,39-,40+,41-,42-,44+,46-,47-,48-,49+/m1/s1. The number of benzene rings is 1. The highest BCUT2D eigenvalue weighted by molar-refractivity contribution is 7.90.